The molecule has 2 atom stereocenters. The predicted molar refractivity (Wildman–Crippen MR) is 127 cm³/mol. The van der Waals surface area contributed by atoms with Crippen molar-refractivity contribution in [1.29, 1.82) is 0 Å². The number of rotatable bonds is 5. The first kappa shape index (κ1) is 22.9. The van der Waals surface area contributed by atoms with Crippen LogP contribution in [0.4, 0.5) is 30.6 Å². The third kappa shape index (κ3) is 4.22. The van der Waals surface area contributed by atoms with Crippen LogP contribution in [0.15, 0.2) is 40.8 Å². The van der Waals surface area contributed by atoms with Crippen LogP contribution in [0.5, 0.6) is 5.75 Å². The number of alkyl halides is 3. The number of hydrogen-bond donors (Lipinski definition) is 1. The van der Waals surface area contributed by atoms with Crippen molar-refractivity contribution < 1.29 is 17.9 Å². The van der Waals surface area contributed by atoms with Gasteiger partial charge in [0.2, 0.25) is 5.95 Å². The highest BCUT2D eigenvalue weighted by Gasteiger charge is 2.34. The number of nitrogens with one attached hydrogen (secondary N) is 1. The molecule has 0 amide bonds. The molecule has 0 radical (unpaired) electrons. The smallest absolute Gasteiger partial charge is 0.433 e. The fraction of sp³-hybridized carbons (Fsp3) is 0.286. The molecule has 0 aromatic carbocycles. The molecule has 10 nitrogen and oxygen atoms in total. The molecule has 182 valence electrons. The van der Waals surface area contributed by atoms with Crippen LogP contribution in [-0.4, -0.2) is 63.2 Å². The Balaban J connectivity index is 1.46. The van der Waals surface area contributed by atoms with Crippen LogP contribution in [0.25, 0.3) is 11.2 Å². The van der Waals surface area contributed by atoms with Gasteiger partial charge in [0.1, 0.15) is 28.1 Å². The number of ether oxygens (including phenoxy) is 1. The van der Waals surface area contributed by atoms with Crippen LogP contribution >= 0.6 is 11.6 Å². The van der Waals surface area contributed by atoms with E-state index in [9.17, 15) is 13.2 Å². The minimum Gasteiger partial charge on any atom is -0.479 e. The summed E-state index contributed by atoms with van der Waals surface area (Å²) in [6.45, 7) is 0. The van der Waals surface area contributed by atoms with Gasteiger partial charge in [-0.05, 0) is 6.07 Å². The molecule has 2 unspecified atom stereocenters. The fourth-order valence-corrected chi connectivity index (χ4v) is 3.94. The number of aryl methyl sites for hydroxylation is 1. The minimum absolute atomic E-state index is 0.140. The second-order valence-electron chi connectivity index (χ2n) is 8.03. The monoisotopic (exact) mass is 505 g/mol. The number of hydrogen-bond acceptors (Lipinski definition) is 9. The molecule has 3 aromatic heterocycles. The number of imidazole rings is 1. The fourth-order valence-electron chi connectivity index (χ4n) is 3.64. The van der Waals surface area contributed by atoms with Gasteiger partial charge < -0.3 is 19.5 Å². The summed E-state index contributed by atoms with van der Waals surface area (Å²) in [5.74, 6) is 0.697. The first-order chi connectivity index (χ1) is 16.6. The Labute approximate surface area is 202 Å². The maximum absolute atomic E-state index is 13.4. The summed E-state index contributed by atoms with van der Waals surface area (Å²) in [4.78, 5) is 18.0. The van der Waals surface area contributed by atoms with Gasteiger partial charge in [-0.3, -0.25) is 10.0 Å². The molecule has 5 heterocycles. The number of aliphatic imine (C=N–C) groups is 1. The van der Waals surface area contributed by atoms with E-state index in [-0.39, 0.29) is 28.5 Å². The molecule has 1 N–H and O–H groups in total. The second-order valence-corrected chi connectivity index (χ2v) is 8.41. The van der Waals surface area contributed by atoms with Crippen molar-refractivity contribution in [3.63, 3.8) is 0 Å². The largest absolute Gasteiger partial charge is 0.479 e. The lowest BCUT2D eigenvalue weighted by atomic mass is 10.2. The zero-order valence-electron chi connectivity index (χ0n) is 18.7. The number of pyridine rings is 2. The summed E-state index contributed by atoms with van der Waals surface area (Å²) in [5, 5.41) is 9.16. The topological polar surface area (TPSA) is 96.1 Å². The molecule has 14 heteroatoms. The predicted octanol–water partition coefficient (Wildman–Crippen LogP) is 3.82. The number of fused-ring (bicyclic) bond motifs is 2. The highest BCUT2D eigenvalue weighted by atomic mass is 35.5. The molecule has 0 fully saturated rings. The average molecular weight is 506 g/mol. The van der Waals surface area contributed by atoms with Crippen LogP contribution in [0.2, 0.25) is 5.02 Å². The number of halogens is 4. The number of hydrazone groups is 1. The van der Waals surface area contributed by atoms with Gasteiger partial charge in [0.05, 0.1) is 12.4 Å². The van der Waals surface area contributed by atoms with Crippen molar-refractivity contribution >= 4 is 52.6 Å². The number of nitrogens with zero attached hydrogens (tertiary/aromatic N) is 8. The molecule has 0 bridgehead atoms. The molecule has 2 aliphatic rings. The molecule has 0 spiro atoms. The van der Waals surface area contributed by atoms with E-state index < -0.39 is 18.0 Å². The van der Waals surface area contributed by atoms with Crippen LogP contribution in [0.1, 0.15) is 5.69 Å². The standard InChI is InChI=1S/C21H19ClF3N9O/c1-32(2)16-7-11(6-15(30-16)21(23,24)25)29-20-31-19-18(33(20)3)17(22)14(9-27-19)35-13-10-28-34-5-4-26-8-12(13)34/h4-10,12-13H,1-3H3,(H,27,29,30,31). The molecular weight excluding hydrogens is 487 g/mol. The zero-order chi connectivity index (χ0) is 24.9. The summed E-state index contributed by atoms with van der Waals surface area (Å²) in [5.41, 5.74) is -0.109. The van der Waals surface area contributed by atoms with Crippen molar-refractivity contribution in [1.82, 2.24) is 24.5 Å². The van der Waals surface area contributed by atoms with Crippen molar-refractivity contribution in [3.8, 4) is 5.75 Å². The Kier molecular flexibility index (Phi) is 5.50. The maximum atomic E-state index is 13.4. The van der Waals surface area contributed by atoms with E-state index in [0.29, 0.717) is 16.9 Å². The third-order valence-electron chi connectivity index (χ3n) is 5.42. The number of anilines is 3. The molecule has 0 saturated heterocycles. The van der Waals surface area contributed by atoms with Crippen molar-refractivity contribution in [3.05, 3.63) is 41.4 Å². The van der Waals surface area contributed by atoms with E-state index in [0.717, 1.165) is 6.07 Å². The van der Waals surface area contributed by atoms with E-state index in [1.165, 1.54) is 17.2 Å². The Bertz CT molecular complexity index is 1380. The SMILES string of the molecule is CN(C)c1cc(Nc2nc3ncc(OC4C=NN5C=CN=CC45)c(Cl)c3n2C)cc(C(F)(F)F)n1. The van der Waals surface area contributed by atoms with Gasteiger partial charge in [0.15, 0.2) is 17.5 Å². The van der Waals surface area contributed by atoms with Crippen molar-refractivity contribution in [2.75, 3.05) is 24.3 Å². The average Bonchev–Trinajstić information content (AvgIpc) is 3.36. The Hall–Kier alpha value is -3.87. The first-order valence-corrected chi connectivity index (χ1v) is 10.7. The summed E-state index contributed by atoms with van der Waals surface area (Å²) < 4.78 is 47.8. The summed E-state index contributed by atoms with van der Waals surface area (Å²) in [6.07, 6.45) is 3.13. The summed E-state index contributed by atoms with van der Waals surface area (Å²) in [6, 6.07) is 2.20. The molecular formula is C21H19ClF3N9O. The van der Waals surface area contributed by atoms with Crippen LogP contribution < -0.4 is 15.0 Å². The quantitative estimate of drug-likeness (QED) is 0.563. The van der Waals surface area contributed by atoms with Crippen LogP contribution in [0, 0.1) is 0 Å². The molecule has 35 heavy (non-hydrogen) atoms. The second kappa shape index (κ2) is 8.41. The lowest BCUT2D eigenvalue weighted by molar-refractivity contribution is -0.141. The van der Waals surface area contributed by atoms with Crippen LogP contribution in [-0.2, 0) is 13.2 Å². The van der Waals surface area contributed by atoms with Crippen LogP contribution in [0.3, 0.4) is 0 Å². The van der Waals surface area contributed by atoms with E-state index in [1.807, 2.05) is 0 Å². The van der Waals surface area contributed by atoms with E-state index in [4.69, 9.17) is 16.3 Å². The lowest BCUT2D eigenvalue weighted by Gasteiger charge is -2.23. The van der Waals surface area contributed by atoms with Crippen molar-refractivity contribution in [2.24, 2.45) is 17.1 Å². The molecule has 0 aliphatic carbocycles. The highest BCUT2D eigenvalue weighted by molar-refractivity contribution is 6.36. The maximum Gasteiger partial charge on any atom is 0.433 e. The molecule has 2 aliphatic heterocycles. The van der Waals surface area contributed by atoms with Gasteiger partial charge in [0.25, 0.3) is 0 Å². The van der Waals surface area contributed by atoms with Gasteiger partial charge >= 0.3 is 6.18 Å². The van der Waals surface area contributed by atoms with E-state index >= 15 is 0 Å². The lowest BCUT2D eigenvalue weighted by Crippen LogP contribution is -2.38. The minimum atomic E-state index is -4.61. The van der Waals surface area contributed by atoms with E-state index in [2.05, 4.69) is 30.4 Å². The van der Waals surface area contributed by atoms with Gasteiger partial charge in [0, 0.05) is 51.5 Å². The van der Waals surface area contributed by atoms with Gasteiger partial charge in [-0.1, -0.05) is 11.6 Å². The Morgan fingerprint density at radius 1 is 1.17 bits per heavy atom. The molecule has 3 aromatic rings. The number of aromatic nitrogens is 4. The highest BCUT2D eigenvalue weighted by Crippen LogP contribution is 2.36. The summed E-state index contributed by atoms with van der Waals surface area (Å²) >= 11 is 6.64. The first-order valence-electron chi connectivity index (χ1n) is 10.4. The van der Waals surface area contributed by atoms with Gasteiger partial charge in [-0.2, -0.15) is 23.3 Å². The molecule has 0 saturated carbocycles. The van der Waals surface area contributed by atoms with E-state index in [1.54, 1.807) is 55.5 Å². The molecule has 5 rings (SSSR count). The van der Waals surface area contributed by atoms with Gasteiger partial charge in [-0.15, -0.1) is 0 Å². The zero-order valence-corrected chi connectivity index (χ0v) is 19.4. The summed E-state index contributed by atoms with van der Waals surface area (Å²) in [7, 11) is 4.89. The Morgan fingerprint density at radius 3 is 2.71 bits per heavy atom. The van der Waals surface area contributed by atoms with Gasteiger partial charge in [-0.25, -0.2) is 9.97 Å². The van der Waals surface area contributed by atoms with Crippen molar-refractivity contribution in [2.45, 2.75) is 18.3 Å². The Morgan fingerprint density at radius 2 is 1.97 bits per heavy atom. The normalized spacial score (nSPS) is 18.9. The third-order valence-corrected chi connectivity index (χ3v) is 5.78.